The molecule has 108 valence electrons. The zero-order valence-electron chi connectivity index (χ0n) is 10.5. The molecular weight excluding hydrogens is 415 g/mol. The topological polar surface area (TPSA) is 71.3 Å². The van der Waals surface area contributed by atoms with Crippen molar-refractivity contribution in [2.75, 3.05) is 12.4 Å². The molecule has 1 heterocycles. The fraction of sp³-hybridized carbons (Fsp3) is 0.167. The van der Waals surface area contributed by atoms with Gasteiger partial charge >= 0.3 is 0 Å². The van der Waals surface area contributed by atoms with Gasteiger partial charge in [-0.2, -0.15) is 0 Å². The van der Waals surface area contributed by atoms with Gasteiger partial charge in [0.05, 0.1) is 17.3 Å². The standard InChI is InChI=1S/C12H12ClIN2O3S/c1-15-20(17,18)12-5-3-9(19-12)7-16-11-4-2-8(14)6-10(11)13/h2-6,15-16H,7H2,1H3. The molecular formula is C12H12ClIN2O3S. The predicted molar refractivity (Wildman–Crippen MR) is 86.4 cm³/mol. The van der Waals surface area contributed by atoms with Gasteiger partial charge in [0.25, 0.3) is 10.0 Å². The summed E-state index contributed by atoms with van der Waals surface area (Å²) < 4.78 is 31.6. The molecule has 0 amide bonds. The number of benzene rings is 1. The molecule has 0 aliphatic carbocycles. The van der Waals surface area contributed by atoms with Crippen LogP contribution in [0.3, 0.4) is 0 Å². The Bertz CT molecular complexity index is 715. The summed E-state index contributed by atoms with van der Waals surface area (Å²) in [5.74, 6) is 0.508. The number of hydrogen-bond donors (Lipinski definition) is 2. The van der Waals surface area contributed by atoms with Crippen molar-refractivity contribution in [1.82, 2.24) is 4.72 Å². The van der Waals surface area contributed by atoms with E-state index >= 15 is 0 Å². The second-order valence-corrected chi connectivity index (χ2v) is 7.38. The molecule has 0 fully saturated rings. The molecule has 2 aromatic rings. The van der Waals surface area contributed by atoms with Crippen LogP contribution in [0.2, 0.25) is 5.02 Å². The van der Waals surface area contributed by atoms with Crippen LogP contribution in [0.4, 0.5) is 5.69 Å². The summed E-state index contributed by atoms with van der Waals surface area (Å²) in [5, 5.41) is 3.59. The molecule has 0 atom stereocenters. The van der Waals surface area contributed by atoms with E-state index in [2.05, 4.69) is 32.6 Å². The third kappa shape index (κ3) is 3.66. The Morgan fingerprint density at radius 1 is 1.30 bits per heavy atom. The Morgan fingerprint density at radius 3 is 2.70 bits per heavy atom. The molecule has 8 heteroatoms. The maximum Gasteiger partial charge on any atom is 0.273 e. The lowest BCUT2D eigenvalue weighted by Gasteiger charge is -2.07. The molecule has 0 aliphatic rings. The quantitative estimate of drug-likeness (QED) is 0.721. The van der Waals surface area contributed by atoms with Crippen molar-refractivity contribution in [2.24, 2.45) is 0 Å². The van der Waals surface area contributed by atoms with Crippen LogP contribution >= 0.6 is 34.2 Å². The molecule has 0 saturated heterocycles. The lowest BCUT2D eigenvalue weighted by Crippen LogP contribution is -2.17. The zero-order valence-corrected chi connectivity index (χ0v) is 14.2. The molecule has 0 saturated carbocycles. The number of furan rings is 1. The maximum absolute atomic E-state index is 11.5. The van der Waals surface area contributed by atoms with E-state index in [1.807, 2.05) is 18.2 Å². The highest BCUT2D eigenvalue weighted by Crippen LogP contribution is 2.24. The minimum absolute atomic E-state index is 0.106. The van der Waals surface area contributed by atoms with Crippen LogP contribution in [0.25, 0.3) is 0 Å². The van der Waals surface area contributed by atoms with E-state index in [0.717, 1.165) is 9.26 Å². The van der Waals surface area contributed by atoms with Crippen molar-refractivity contribution in [3.05, 3.63) is 44.7 Å². The first-order valence-corrected chi connectivity index (χ1v) is 8.57. The highest BCUT2D eigenvalue weighted by atomic mass is 127. The number of anilines is 1. The first-order chi connectivity index (χ1) is 9.42. The van der Waals surface area contributed by atoms with E-state index in [1.165, 1.54) is 13.1 Å². The molecule has 0 spiro atoms. The number of nitrogens with one attached hydrogen (secondary N) is 2. The number of rotatable bonds is 5. The second kappa shape index (κ2) is 6.33. The third-order valence-electron chi connectivity index (χ3n) is 2.55. The first kappa shape index (κ1) is 15.6. The molecule has 0 unspecified atom stereocenters. The van der Waals surface area contributed by atoms with Crippen LogP contribution in [0.1, 0.15) is 5.76 Å². The maximum atomic E-state index is 11.5. The van der Waals surface area contributed by atoms with Gasteiger partial charge in [0.1, 0.15) is 5.76 Å². The average molecular weight is 427 g/mol. The second-order valence-electron chi connectivity index (χ2n) is 3.91. The summed E-state index contributed by atoms with van der Waals surface area (Å²) >= 11 is 8.27. The summed E-state index contributed by atoms with van der Waals surface area (Å²) in [5.41, 5.74) is 0.765. The molecule has 20 heavy (non-hydrogen) atoms. The minimum atomic E-state index is -3.55. The molecule has 5 nitrogen and oxygen atoms in total. The Labute approximate surface area is 135 Å². The van der Waals surface area contributed by atoms with Gasteiger partial charge in [0, 0.05) is 3.57 Å². The largest absolute Gasteiger partial charge is 0.446 e. The highest BCUT2D eigenvalue weighted by Gasteiger charge is 2.16. The van der Waals surface area contributed by atoms with Gasteiger partial charge in [-0.25, -0.2) is 13.1 Å². The van der Waals surface area contributed by atoms with Crippen molar-refractivity contribution >= 4 is 49.9 Å². The van der Waals surface area contributed by atoms with E-state index in [-0.39, 0.29) is 5.09 Å². The van der Waals surface area contributed by atoms with Gasteiger partial charge in [-0.15, -0.1) is 0 Å². The average Bonchev–Trinajstić information content (AvgIpc) is 2.87. The van der Waals surface area contributed by atoms with Crippen molar-refractivity contribution in [1.29, 1.82) is 0 Å². The molecule has 1 aromatic heterocycles. The molecule has 0 bridgehead atoms. The summed E-state index contributed by atoms with van der Waals surface area (Å²) in [6, 6.07) is 8.64. The minimum Gasteiger partial charge on any atom is -0.446 e. The van der Waals surface area contributed by atoms with Crippen LogP contribution in [-0.4, -0.2) is 15.5 Å². The van der Waals surface area contributed by atoms with Gasteiger partial charge < -0.3 is 9.73 Å². The van der Waals surface area contributed by atoms with Gasteiger partial charge in [-0.3, -0.25) is 0 Å². The van der Waals surface area contributed by atoms with E-state index in [4.69, 9.17) is 16.0 Å². The van der Waals surface area contributed by atoms with Crippen LogP contribution in [0, 0.1) is 3.57 Å². The van der Waals surface area contributed by atoms with Crippen molar-refractivity contribution in [3.8, 4) is 0 Å². The van der Waals surface area contributed by atoms with Gasteiger partial charge in [-0.1, -0.05) is 11.6 Å². The highest BCUT2D eigenvalue weighted by molar-refractivity contribution is 14.1. The van der Waals surface area contributed by atoms with E-state index < -0.39 is 10.0 Å². The molecule has 2 rings (SSSR count). The number of sulfonamides is 1. The van der Waals surface area contributed by atoms with E-state index in [1.54, 1.807) is 6.07 Å². The first-order valence-electron chi connectivity index (χ1n) is 5.63. The number of halogens is 2. The fourth-order valence-electron chi connectivity index (χ4n) is 1.51. The lowest BCUT2D eigenvalue weighted by atomic mass is 10.3. The predicted octanol–water partition coefficient (Wildman–Crippen LogP) is 3.06. The summed E-state index contributed by atoms with van der Waals surface area (Å²) in [4.78, 5) is 0. The van der Waals surface area contributed by atoms with Crippen molar-refractivity contribution in [3.63, 3.8) is 0 Å². The van der Waals surface area contributed by atoms with Crippen molar-refractivity contribution < 1.29 is 12.8 Å². The molecule has 1 aromatic carbocycles. The van der Waals surface area contributed by atoms with Gasteiger partial charge in [0.15, 0.2) is 0 Å². The number of hydrogen-bond acceptors (Lipinski definition) is 4. The van der Waals surface area contributed by atoms with Crippen LogP contribution < -0.4 is 10.0 Å². The normalized spacial score (nSPS) is 11.6. The van der Waals surface area contributed by atoms with Crippen LogP contribution in [-0.2, 0) is 16.6 Å². The van der Waals surface area contributed by atoms with Crippen LogP contribution in [0.15, 0.2) is 39.8 Å². The summed E-state index contributed by atoms with van der Waals surface area (Å²) in [6.07, 6.45) is 0. The molecule has 2 N–H and O–H groups in total. The van der Waals surface area contributed by atoms with Gasteiger partial charge in [-0.05, 0) is 60.0 Å². The van der Waals surface area contributed by atoms with Crippen molar-refractivity contribution in [2.45, 2.75) is 11.6 Å². The summed E-state index contributed by atoms with van der Waals surface area (Å²) in [6.45, 7) is 0.347. The fourth-order valence-corrected chi connectivity index (χ4v) is 3.10. The SMILES string of the molecule is CNS(=O)(=O)c1ccc(CNc2ccc(I)cc2Cl)o1. The molecule has 0 radical (unpaired) electrons. The van der Waals surface area contributed by atoms with Gasteiger partial charge in [0.2, 0.25) is 5.09 Å². The Balaban J connectivity index is 2.08. The Morgan fingerprint density at radius 2 is 2.05 bits per heavy atom. The smallest absolute Gasteiger partial charge is 0.273 e. The van der Waals surface area contributed by atoms with E-state index in [9.17, 15) is 8.42 Å². The van der Waals surface area contributed by atoms with Crippen LogP contribution in [0.5, 0.6) is 0 Å². The summed E-state index contributed by atoms with van der Waals surface area (Å²) in [7, 11) is -2.21. The third-order valence-corrected chi connectivity index (χ3v) is 4.83. The van der Waals surface area contributed by atoms with E-state index in [0.29, 0.717) is 17.3 Å². The zero-order chi connectivity index (χ0) is 14.8. The Hall–Kier alpha value is -0.770. The monoisotopic (exact) mass is 426 g/mol. The Kier molecular flexibility index (Phi) is 4.95. The lowest BCUT2D eigenvalue weighted by molar-refractivity contribution is 0.417. The molecule has 0 aliphatic heterocycles.